The Morgan fingerprint density at radius 3 is 2.70 bits per heavy atom. The van der Waals surface area contributed by atoms with Crippen LogP contribution < -0.4 is 0 Å². The fraction of sp³-hybridized carbons (Fsp3) is 0.760. The molecule has 27 heavy (non-hydrogen) atoms. The summed E-state index contributed by atoms with van der Waals surface area (Å²) in [6.45, 7) is 6.85. The van der Waals surface area contributed by atoms with Gasteiger partial charge in [0.1, 0.15) is 0 Å². The van der Waals surface area contributed by atoms with E-state index in [0.717, 1.165) is 49.2 Å². The van der Waals surface area contributed by atoms with E-state index in [-0.39, 0.29) is 0 Å². The lowest BCUT2D eigenvalue weighted by atomic mass is 9.54. The van der Waals surface area contributed by atoms with Crippen LogP contribution in [0.4, 0.5) is 0 Å². The molecule has 0 radical (unpaired) electrons. The van der Waals surface area contributed by atoms with Crippen LogP contribution in [-0.4, -0.2) is 18.8 Å². The van der Waals surface area contributed by atoms with Crippen LogP contribution in [0.1, 0.15) is 64.4 Å². The van der Waals surface area contributed by atoms with Gasteiger partial charge in [-0.2, -0.15) is 0 Å². The van der Waals surface area contributed by atoms with Crippen molar-refractivity contribution < 1.29 is 9.47 Å². The van der Waals surface area contributed by atoms with Crippen molar-refractivity contribution >= 4 is 0 Å². The highest BCUT2D eigenvalue weighted by Gasteiger charge is 2.56. The third kappa shape index (κ3) is 3.17. The Bertz CT molecular complexity index is 643. The average molecular weight is 369 g/mol. The van der Waals surface area contributed by atoms with Crippen molar-refractivity contribution in [3.05, 3.63) is 35.9 Å². The molecule has 0 spiro atoms. The molecule has 2 unspecified atom stereocenters. The minimum absolute atomic E-state index is 0.378. The van der Waals surface area contributed by atoms with Gasteiger partial charge in [0.15, 0.2) is 0 Å². The van der Waals surface area contributed by atoms with Gasteiger partial charge in [0.05, 0.1) is 25.4 Å². The van der Waals surface area contributed by atoms with E-state index in [1.54, 1.807) is 0 Å². The summed E-state index contributed by atoms with van der Waals surface area (Å²) in [7, 11) is 0. The lowest BCUT2D eigenvalue weighted by Crippen LogP contribution is -2.53. The molecule has 4 aliphatic rings. The number of fused-ring (bicyclic) bond motifs is 5. The first kappa shape index (κ1) is 18.2. The molecule has 1 saturated heterocycles. The first-order valence-corrected chi connectivity index (χ1v) is 11.4. The van der Waals surface area contributed by atoms with Gasteiger partial charge in [-0.05, 0) is 79.1 Å². The lowest BCUT2D eigenvalue weighted by molar-refractivity contribution is -0.174. The van der Waals surface area contributed by atoms with Gasteiger partial charge in [0, 0.05) is 6.42 Å². The molecule has 1 aromatic rings. The molecule has 0 N–H and O–H groups in total. The molecule has 0 bridgehead atoms. The number of benzene rings is 1. The molecule has 148 valence electrons. The Kier molecular flexibility index (Phi) is 4.84. The van der Waals surface area contributed by atoms with Gasteiger partial charge in [-0.1, -0.05) is 44.2 Å². The summed E-state index contributed by atoms with van der Waals surface area (Å²) in [5.41, 5.74) is 1.87. The molecule has 1 aromatic carbocycles. The van der Waals surface area contributed by atoms with Gasteiger partial charge in [0.2, 0.25) is 0 Å². The van der Waals surface area contributed by atoms with Crippen molar-refractivity contribution in [3.63, 3.8) is 0 Å². The van der Waals surface area contributed by atoms with E-state index >= 15 is 0 Å². The summed E-state index contributed by atoms with van der Waals surface area (Å²) in [5, 5.41) is 0. The lowest BCUT2D eigenvalue weighted by Gasteiger charge is -2.55. The molecular weight excluding hydrogens is 332 g/mol. The van der Waals surface area contributed by atoms with E-state index in [4.69, 9.17) is 9.47 Å². The maximum Gasteiger partial charge on any atom is 0.0720 e. The highest BCUT2D eigenvalue weighted by molar-refractivity contribution is 5.13. The van der Waals surface area contributed by atoms with Crippen LogP contribution in [0.15, 0.2) is 30.3 Å². The smallest absolute Gasteiger partial charge is 0.0720 e. The Labute approximate surface area is 165 Å². The topological polar surface area (TPSA) is 18.5 Å². The molecule has 5 rings (SSSR count). The fourth-order valence-corrected chi connectivity index (χ4v) is 7.32. The van der Waals surface area contributed by atoms with Gasteiger partial charge >= 0.3 is 0 Å². The van der Waals surface area contributed by atoms with Crippen LogP contribution in [0.3, 0.4) is 0 Å². The van der Waals surface area contributed by atoms with E-state index in [1.165, 1.54) is 44.1 Å². The van der Waals surface area contributed by atoms with E-state index < -0.39 is 0 Å². The Morgan fingerprint density at radius 1 is 1.00 bits per heavy atom. The van der Waals surface area contributed by atoms with Gasteiger partial charge in [-0.25, -0.2) is 0 Å². The summed E-state index contributed by atoms with van der Waals surface area (Å²) in [5.74, 6) is 4.36. The molecule has 4 fully saturated rings. The summed E-state index contributed by atoms with van der Waals surface area (Å²) in [4.78, 5) is 0. The van der Waals surface area contributed by atoms with Crippen LogP contribution in [0, 0.1) is 35.0 Å². The highest BCUT2D eigenvalue weighted by Crippen LogP contribution is 2.62. The van der Waals surface area contributed by atoms with E-state index in [1.807, 2.05) is 0 Å². The number of hydrogen-bond donors (Lipinski definition) is 0. The van der Waals surface area contributed by atoms with Gasteiger partial charge in [-0.15, -0.1) is 0 Å². The number of ether oxygens (including phenoxy) is 2. The highest BCUT2D eigenvalue weighted by atomic mass is 16.5. The van der Waals surface area contributed by atoms with Crippen molar-refractivity contribution in [1.82, 2.24) is 0 Å². The molecular formula is C25H36O2. The maximum atomic E-state index is 6.54. The number of hydrogen-bond acceptors (Lipinski definition) is 2. The van der Waals surface area contributed by atoms with Crippen LogP contribution in [-0.2, 0) is 16.1 Å². The van der Waals surface area contributed by atoms with Gasteiger partial charge in [0.25, 0.3) is 0 Å². The zero-order valence-electron chi connectivity index (χ0n) is 17.1. The SMILES string of the molecule is CC1CC[C@H]2C3CO[C@H]4C[C@@H](OCc5ccccc5)CC[C@@H]4[C@H]3CC[C@]12C. The standard InChI is InChI=1S/C25H36O2/c1-17-8-11-23-22-16-27-24-14-19(26-15-18-6-4-3-5-7-18)9-10-21(24)20(22)12-13-25(17,23)2/h3-7,17,19-24H,8-16H2,1-2H3/t17?,19-,20+,21+,22?,23-,24-,25+/m0/s1. The van der Waals surface area contributed by atoms with Crippen molar-refractivity contribution in [1.29, 1.82) is 0 Å². The predicted molar refractivity (Wildman–Crippen MR) is 108 cm³/mol. The molecule has 2 heteroatoms. The number of rotatable bonds is 3. The molecule has 0 amide bonds. The van der Waals surface area contributed by atoms with Crippen LogP contribution in [0.2, 0.25) is 0 Å². The van der Waals surface area contributed by atoms with Crippen LogP contribution in [0.25, 0.3) is 0 Å². The summed E-state index contributed by atoms with van der Waals surface area (Å²) in [6.07, 6.45) is 10.3. The monoisotopic (exact) mass is 368 g/mol. The van der Waals surface area contributed by atoms with Crippen molar-refractivity contribution in [2.45, 2.75) is 77.6 Å². The quantitative estimate of drug-likeness (QED) is 0.666. The third-order valence-corrected chi connectivity index (χ3v) is 9.14. The van der Waals surface area contributed by atoms with E-state index in [9.17, 15) is 0 Å². The third-order valence-electron chi connectivity index (χ3n) is 9.14. The van der Waals surface area contributed by atoms with Gasteiger partial charge < -0.3 is 9.47 Å². The summed E-state index contributed by atoms with van der Waals surface area (Å²) in [6, 6.07) is 10.6. The van der Waals surface area contributed by atoms with Crippen molar-refractivity contribution in [2.24, 2.45) is 35.0 Å². The zero-order valence-corrected chi connectivity index (χ0v) is 17.1. The van der Waals surface area contributed by atoms with E-state index in [2.05, 4.69) is 44.2 Å². The fourth-order valence-electron chi connectivity index (χ4n) is 7.32. The second-order valence-corrected chi connectivity index (χ2v) is 10.2. The molecule has 1 aliphatic heterocycles. The normalized spacial score (nSPS) is 46.4. The van der Waals surface area contributed by atoms with Crippen LogP contribution >= 0.6 is 0 Å². The van der Waals surface area contributed by atoms with Crippen LogP contribution in [0.5, 0.6) is 0 Å². The van der Waals surface area contributed by atoms with Gasteiger partial charge in [-0.3, -0.25) is 0 Å². The molecule has 8 atom stereocenters. The summed E-state index contributed by atoms with van der Waals surface area (Å²) >= 11 is 0. The Hall–Kier alpha value is -0.860. The summed E-state index contributed by atoms with van der Waals surface area (Å²) < 4.78 is 12.8. The maximum absolute atomic E-state index is 6.54. The van der Waals surface area contributed by atoms with Crippen molar-refractivity contribution in [3.8, 4) is 0 Å². The minimum Gasteiger partial charge on any atom is -0.378 e. The Balaban J connectivity index is 1.21. The molecule has 0 aromatic heterocycles. The van der Waals surface area contributed by atoms with E-state index in [0.29, 0.717) is 17.6 Å². The first-order valence-electron chi connectivity index (χ1n) is 11.4. The minimum atomic E-state index is 0.378. The molecule has 1 heterocycles. The average Bonchev–Trinajstić information content (AvgIpc) is 3.01. The molecule has 2 nitrogen and oxygen atoms in total. The second kappa shape index (κ2) is 7.19. The predicted octanol–water partition coefficient (Wildman–Crippen LogP) is 5.85. The molecule has 3 saturated carbocycles. The Morgan fingerprint density at radius 2 is 1.85 bits per heavy atom. The zero-order chi connectivity index (χ0) is 18.4. The van der Waals surface area contributed by atoms with Crippen molar-refractivity contribution in [2.75, 3.05) is 6.61 Å². The second-order valence-electron chi connectivity index (χ2n) is 10.2. The largest absolute Gasteiger partial charge is 0.378 e. The molecule has 3 aliphatic carbocycles. The first-order chi connectivity index (χ1) is 13.1.